The van der Waals surface area contributed by atoms with Crippen LogP contribution in [0.1, 0.15) is 31.2 Å². The summed E-state index contributed by atoms with van der Waals surface area (Å²) in [5.74, 6) is -0.0248. The summed E-state index contributed by atoms with van der Waals surface area (Å²) in [6, 6.07) is 7.24. The number of nitrogens with zero attached hydrogens (tertiary/aromatic N) is 2. The van der Waals surface area contributed by atoms with E-state index >= 15 is 0 Å². The fourth-order valence-corrected chi connectivity index (χ4v) is 3.51. The van der Waals surface area contributed by atoms with Crippen LogP contribution in [0.2, 0.25) is 0 Å². The van der Waals surface area contributed by atoms with E-state index in [9.17, 15) is 9.59 Å². The third-order valence-electron chi connectivity index (χ3n) is 5.11. The van der Waals surface area contributed by atoms with E-state index in [1.807, 2.05) is 12.1 Å². The second-order valence-electron chi connectivity index (χ2n) is 7.05. The Hall–Kier alpha value is -2.08. The second kappa shape index (κ2) is 8.34. The summed E-state index contributed by atoms with van der Waals surface area (Å²) >= 11 is 0. The van der Waals surface area contributed by atoms with Crippen molar-refractivity contribution in [3.8, 4) is 0 Å². The molecule has 1 aromatic carbocycles. The summed E-state index contributed by atoms with van der Waals surface area (Å²) in [4.78, 5) is 28.0. The van der Waals surface area contributed by atoms with E-state index in [0.717, 1.165) is 18.7 Å². The van der Waals surface area contributed by atoms with Gasteiger partial charge in [0.1, 0.15) is 6.04 Å². The van der Waals surface area contributed by atoms with Crippen LogP contribution >= 0.6 is 0 Å². The number of carbonyl (C=O) groups is 2. The number of piperidine rings is 1. The lowest BCUT2D eigenvalue weighted by Gasteiger charge is -2.26. The van der Waals surface area contributed by atoms with Crippen molar-refractivity contribution in [1.82, 2.24) is 15.1 Å². The smallest absolute Gasteiger partial charge is 0.319 e. The molecule has 0 saturated carbocycles. The second-order valence-corrected chi connectivity index (χ2v) is 7.05. The number of anilines is 1. The highest BCUT2D eigenvalue weighted by molar-refractivity contribution is 5.94. The topological polar surface area (TPSA) is 64.7 Å². The van der Waals surface area contributed by atoms with Gasteiger partial charge in [-0.1, -0.05) is 18.6 Å². The Labute approximate surface area is 149 Å². The number of hydrogen-bond acceptors (Lipinski definition) is 3. The molecular weight excluding hydrogens is 316 g/mol. The lowest BCUT2D eigenvalue weighted by Crippen LogP contribution is -2.42. The van der Waals surface area contributed by atoms with Crippen LogP contribution in [-0.2, 0) is 11.2 Å². The van der Waals surface area contributed by atoms with Crippen molar-refractivity contribution in [2.75, 3.05) is 38.5 Å². The van der Waals surface area contributed by atoms with E-state index in [1.54, 1.807) is 11.9 Å². The number of hydrogen-bond donors (Lipinski definition) is 2. The first-order chi connectivity index (χ1) is 12.1. The Morgan fingerprint density at radius 2 is 1.84 bits per heavy atom. The number of amides is 3. The average Bonchev–Trinajstić information content (AvgIpc) is 2.94. The minimum atomic E-state index is -0.409. The van der Waals surface area contributed by atoms with Crippen molar-refractivity contribution in [1.29, 1.82) is 0 Å². The molecule has 1 aromatic rings. The third kappa shape index (κ3) is 4.95. The van der Waals surface area contributed by atoms with E-state index in [2.05, 4.69) is 27.7 Å². The van der Waals surface area contributed by atoms with Crippen LogP contribution in [0, 0.1) is 0 Å². The summed E-state index contributed by atoms with van der Waals surface area (Å²) in [7, 11) is 1.75. The molecule has 0 aromatic heterocycles. The van der Waals surface area contributed by atoms with E-state index < -0.39 is 6.04 Å². The van der Waals surface area contributed by atoms with Gasteiger partial charge >= 0.3 is 6.03 Å². The van der Waals surface area contributed by atoms with E-state index in [0.29, 0.717) is 13.0 Å². The number of nitrogens with one attached hydrogen (secondary N) is 2. The molecule has 2 fully saturated rings. The van der Waals surface area contributed by atoms with Gasteiger partial charge in [-0.2, -0.15) is 0 Å². The van der Waals surface area contributed by atoms with E-state index in [1.165, 1.54) is 37.9 Å². The summed E-state index contributed by atoms with van der Waals surface area (Å²) in [6.07, 6.45) is 5.70. The Balaban J connectivity index is 1.43. The summed E-state index contributed by atoms with van der Waals surface area (Å²) in [5.41, 5.74) is 2.03. The van der Waals surface area contributed by atoms with Gasteiger partial charge in [0, 0.05) is 25.8 Å². The summed E-state index contributed by atoms with van der Waals surface area (Å²) < 4.78 is 0. The van der Waals surface area contributed by atoms with Gasteiger partial charge in [0.15, 0.2) is 0 Å². The van der Waals surface area contributed by atoms with Gasteiger partial charge in [-0.3, -0.25) is 4.79 Å². The highest BCUT2D eigenvalue weighted by atomic mass is 16.2. The van der Waals surface area contributed by atoms with Crippen LogP contribution < -0.4 is 10.6 Å². The molecule has 0 bridgehead atoms. The standard InChI is InChI=1S/C19H28N4O2/c1-22-13-10-17(18(22)24)21-19(25)20-16-7-5-15(6-8-16)9-14-23-11-3-2-4-12-23/h5-8,17H,2-4,9-14H2,1H3,(H2,20,21,25). The number of benzene rings is 1. The predicted octanol–water partition coefficient (Wildman–Crippen LogP) is 2.07. The van der Waals surface area contributed by atoms with Crippen molar-refractivity contribution >= 4 is 17.6 Å². The number of likely N-dealkylation sites (N-methyl/N-ethyl adjacent to an activating group) is 1. The predicted molar refractivity (Wildman–Crippen MR) is 98.6 cm³/mol. The molecule has 1 atom stereocenters. The van der Waals surface area contributed by atoms with Gasteiger partial charge in [0.05, 0.1) is 0 Å². The van der Waals surface area contributed by atoms with Crippen molar-refractivity contribution in [3.05, 3.63) is 29.8 Å². The Morgan fingerprint density at radius 3 is 2.48 bits per heavy atom. The van der Waals surface area contributed by atoms with Crippen LogP contribution in [0.3, 0.4) is 0 Å². The molecule has 2 aliphatic rings. The van der Waals surface area contributed by atoms with Gasteiger partial charge in [-0.05, 0) is 56.5 Å². The molecular formula is C19H28N4O2. The van der Waals surface area contributed by atoms with Crippen molar-refractivity contribution < 1.29 is 9.59 Å². The fourth-order valence-electron chi connectivity index (χ4n) is 3.51. The SMILES string of the molecule is CN1CCC(NC(=O)Nc2ccc(CCN3CCCCC3)cc2)C1=O. The fraction of sp³-hybridized carbons (Fsp3) is 0.579. The zero-order valence-corrected chi connectivity index (χ0v) is 15.0. The van der Waals surface area contributed by atoms with Gasteiger partial charge in [-0.15, -0.1) is 0 Å². The molecule has 2 N–H and O–H groups in total. The largest absolute Gasteiger partial charge is 0.344 e. The molecule has 3 amide bonds. The average molecular weight is 344 g/mol. The molecule has 25 heavy (non-hydrogen) atoms. The molecule has 0 aliphatic carbocycles. The van der Waals surface area contributed by atoms with Crippen LogP contribution in [0.4, 0.5) is 10.5 Å². The van der Waals surface area contributed by atoms with Crippen LogP contribution in [-0.4, -0.2) is 61.0 Å². The molecule has 136 valence electrons. The zero-order chi connectivity index (χ0) is 17.6. The molecule has 3 rings (SSSR count). The molecule has 0 spiro atoms. The first-order valence-electron chi connectivity index (χ1n) is 9.25. The number of likely N-dealkylation sites (tertiary alicyclic amines) is 2. The highest BCUT2D eigenvalue weighted by Gasteiger charge is 2.30. The van der Waals surface area contributed by atoms with Crippen LogP contribution in [0.25, 0.3) is 0 Å². The van der Waals surface area contributed by atoms with Gasteiger partial charge in [0.2, 0.25) is 5.91 Å². The zero-order valence-electron chi connectivity index (χ0n) is 15.0. The third-order valence-corrected chi connectivity index (χ3v) is 5.11. The summed E-state index contributed by atoms with van der Waals surface area (Å²) in [6.45, 7) is 4.23. The molecule has 2 saturated heterocycles. The lowest BCUT2D eigenvalue weighted by molar-refractivity contribution is -0.128. The molecule has 6 nitrogen and oxygen atoms in total. The minimum Gasteiger partial charge on any atom is -0.344 e. The maximum Gasteiger partial charge on any atom is 0.319 e. The minimum absolute atomic E-state index is 0.0248. The maximum absolute atomic E-state index is 12.0. The van der Waals surface area contributed by atoms with E-state index in [-0.39, 0.29) is 11.9 Å². The quantitative estimate of drug-likeness (QED) is 0.859. The van der Waals surface area contributed by atoms with Gasteiger partial charge < -0.3 is 20.4 Å². The molecule has 0 radical (unpaired) electrons. The number of carbonyl (C=O) groups excluding carboxylic acids is 2. The van der Waals surface area contributed by atoms with Crippen molar-refractivity contribution in [2.24, 2.45) is 0 Å². The van der Waals surface area contributed by atoms with Crippen molar-refractivity contribution in [3.63, 3.8) is 0 Å². The first-order valence-corrected chi connectivity index (χ1v) is 9.25. The van der Waals surface area contributed by atoms with Crippen LogP contribution in [0.15, 0.2) is 24.3 Å². The van der Waals surface area contributed by atoms with Crippen LogP contribution in [0.5, 0.6) is 0 Å². The van der Waals surface area contributed by atoms with Gasteiger partial charge in [0.25, 0.3) is 0 Å². The van der Waals surface area contributed by atoms with Crippen molar-refractivity contribution in [2.45, 2.75) is 38.1 Å². The lowest BCUT2D eigenvalue weighted by atomic mass is 10.1. The first kappa shape index (κ1) is 17.7. The summed E-state index contributed by atoms with van der Waals surface area (Å²) in [5, 5.41) is 5.55. The highest BCUT2D eigenvalue weighted by Crippen LogP contribution is 2.14. The molecule has 1 unspecified atom stereocenters. The number of urea groups is 1. The normalized spacial score (nSPS) is 21.4. The van der Waals surface area contributed by atoms with Gasteiger partial charge in [-0.25, -0.2) is 4.79 Å². The van der Waals surface area contributed by atoms with E-state index in [4.69, 9.17) is 0 Å². The monoisotopic (exact) mass is 344 g/mol. The Morgan fingerprint density at radius 1 is 1.12 bits per heavy atom. The molecule has 2 heterocycles. The Kier molecular flexibility index (Phi) is 5.91. The maximum atomic E-state index is 12.0. The molecule has 2 aliphatic heterocycles. The number of rotatable bonds is 5. The molecule has 6 heteroatoms. The Bertz CT molecular complexity index is 596.